The highest BCUT2D eigenvalue weighted by Gasteiger charge is 2.17. The van der Waals surface area contributed by atoms with Crippen molar-refractivity contribution in [2.75, 3.05) is 0 Å². The van der Waals surface area contributed by atoms with Crippen molar-refractivity contribution in [3.63, 3.8) is 0 Å². The van der Waals surface area contributed by atoms with E-state index in [0.717, 1.165) is 12.3 Å². The molecule has 0 saturated carbocycles. The number of hydrazone groups is 1. The predicted molar refractivity (Wildman–Crippen MR) is 82.9 cm³/mol. The number of nitro benzene ring substituents is 1. The van der Waals surface area contributed by atoms with Crippen molar-refractivity contribution < 1.29 is 19.9 Å². The van der Waals surface area contributed by atoms with Crippen LogP contribution in [0.4, 0.5) is 5.69 Å². The lowest BCUT2D eigenvalue weighted by Gasteiger charge is -2.02. The van der Waals surface area contributed by atoms with Crippen molar-refractivity contribution in [3.8, 4) is 11.5 Å². The van der Waals surface area contributed by atoms with Gasteiger partial charge in [-0.2, -0.15) is 5.10 Å². The molecule has 23 heavy (non-hydrogen) atoms. The Hall–Kier alpha value is -3.13. The first kappa shape index (κ1) is 16.2. The lowest BCUT2D eigenvalue weighted by molar-refractivity contribution is -0.385. The van der Waals surface area contributed by atoms with Gasteiger partial charge < -0.3 is 10.2 Å². The van der Waals surface area contributed by atoms with Gasteiger partial charge in [0.2, 0.25) is 5.75 Å². The molecule has 3 N–H and O–H groups in total. The van der Waals surface area contributed by atoms with Crippen LogP contribution in [0.2, 0.25) is 5.02 Å². The number of carbonyl (C=O) groups is 1. The lowest BCUT2D eigenvalue weighted by atomic mass is 10.2. The molecule has 0 atom stereocenters. The molecule has 0 aliphatic carbocycles. The number of hydrogen-bond donors (Lipinski definition) is 3. The van der Waals surface area contributed by atoms with Crippen molar-refractivity contribution in [1.29, 1.82) is 0 Å². The zero-order valence-electron chi connectivity index (χ0n) is 11.4. The molecule has 118 valence electrons. The monoisotopic (exact) mass is 335 g/mol. The minimum Gasteiger partial charge on any atom is -0.508 e. The molecule has 0 unspecified atom stereocenters. The van der Waals surface area contributed by atoms with Gasteiger partial charge in [0.25, 0.3) is 5.91 Å². The number of hydrogen-bond acceptors (Lipinski definition) is 6. The fraction of sp³-hybridized carbons (Fsp3) is 0. The summed E-state index contributed by atoms with van der Waals surface area (Å²) in [6.45, 7) is 0. The van der Waals surface area contributed by atoms with Crippen molar-refractivity contribution in [3.05, 3.63) is 62.7 Å². The van der Waals surface area contributed by atoms with E-state index in [0.29, 0.717) is 0 Å². The summed E-state index contributed by atoms with van der Waals surface area (Å²) in [7, 11) is 0. The number of nitrogens with one attached hydrogen (secondary N) is 1. The van der Waals surface area contributed by atoms with Crippen molar-refractivity contribution in [2.24, 2.45) is 5.10 Å². The molecule has 0 spiro atoms. The van der Waals surface area contributed by atoms with E-state index in [1.165, 1.54) is 30.3 Å². The minimum atomic E-state index is -0.784. The first-order valence-corrected chi connectivity index (χ1v) is 6.55. The summed E-state index contributed by atoms with van der Waals surface area (Å²) >= 11 is 5.73. The predicted octanol–water partition coefficient (Wildman–Crippen LogP) is 2.42. The smallest absolute Gasteiger partial charge is 0.312 e. The van der Waals surface area contributed by atoms with E-state index in [-0.39, 0.29) is 21.9 Å². The Morgan fingerprint density at radius 2 is 1.91 bits per heavy atom. The molecule has 0 saturated heterocycles. The SMILES string of the molecule is O=C(N/N=C/c1cc(Cl)cc([N+](=O)[O-])c1O)c1ccc(O)cc1. The van der Waals surface area contributed by atoms with Crippen LogP contribution in [-0.2, 0) is 0 Å². The Morgan fingerprint density at radius 1 is 1.26 bits per heavy atom. The number of halogens is 1. The zero-order chi connectivity index (χ0) is 17.0. The van der Waals surface area contributed by atoms with Gasteiger partial charge in [-0.15, -0.1) is 0 Å². The van der Waals surface area contributed by atoms with Gasteiger partial charge >= 0.3 is 5.69 Å². The second-order valence-corrected chi connectivity index (χ2v) is 4.80. The molecular formula is C14H10ClN3O5. The van der Waals surface area contributed by atoms with Crippen LogP contribution < -0.4 is 5.43 Å². The normalized spacial score (nSPS) is 10.7. The molecule has 1 amide bonds. The fourth-order valence-electron chi connectivity index (χ4n) is 1.68. The second-order valence-electron chi connectivity index (χ2n) is 4.37. The summed E-state index contributed by atoms with van der Waals surface area (Å²) in [5, 5.41) is 33.3. The van der Waals surface area contributed by atoms with E-state index >= 15 is 0 Å². The van der Waals surface area contributed by atoms with Crippen LogP contribution in [0.5, 0.6) is 11.5 Å². The maximum absolute atomic E-state index is 11.8. The number of carbonyl (C=O) groups excluding carboxylic acids is 1. The van der Waals surface area contributed by atoms with Gasteiger partial charge in [-0.1, -0.05) is 11.6 Å². The van der Waals surface area contributed by atoms with Crippen molar-refractivity contribution >= 4 is 29.4 Å². The Balaban J connectivity index is 2.16. The summed E-state index contributed by atoms with van der Waals surface area (Å²) in [6.07, 6.45) is 1.03. The van der Waals surface area contributed by atoms with Crippen LogP contribution >= 0.6 is 11.6 Å². The molecule has 0 aliphatic heterocycles. The number of amides is 1. The van der Waals surface area contributed by atoms with Gasteiger partial charge in [0.05, 0.1) is 11.1 Å². The third-order valence-electron chi connectivity index (χ3n) is 2.78. The maximum Gasteiger partial charge on any atom is 0.312 e. The molecule has 0 radical (unpaired) electrons. The van der Waals surface area contributed by atoms with Crippen LogP contribution in [0, 0.1) is 10.1 Å². The van der Waals surface area contributed by atoms with Crippen molar-refractivity contribution in [1.82, 2.24) is 5.43 Å². The number of nitro groups is 1. The summed E-state index contributed by atoms with van der Waals surface area (Å²) < 4.78 is 0. The summed E-state index contributed by atoms with van der Waals surface area (Å²) in [4.78, 5) is 21.8. The molecular weight excluding hydrogens is 326 g/mol. The van der Waals surface area contributed by atoms with E-state index in [9.17, 15) is 20.0 Å². The van der Waals surface area contributed by atoms with Gasteiger partial charge in [0, 0.05) is 22.2 Å². The third-order valence-corrected chi connectivity index (χ3v) is 3.00. The highest BCUT2D eigenvalue weighted by Crippen LogP contribution is 2.32. The molecule has 9 heteroatoms. The number of benzene rings is 2. The van der Waals surface area contributed by atoms with Crippen LogP contribution in [0.1, 0.15) is 15.9 Å². The quantitative estimate of drug-likeness (QED) is 0.449. The standard InChI is InChI=1S/C14H10ClN3O5/c15-10-5-9(13(20)12(6-10)18(22)23)7-16-17-14(21)8-1-3-11(19)4-2-8/h1-7,19-20H,(H,17,21)/b16-7+. The Morgan fingerprint density at radius 3 is 2.52 bits per heavy atom. The summed E-state index contributed by atoms with van der Waals surface area (Å²) in [6, 6.07) is 7.72. The van der Waals surface area contributed by atoms with Gasteiger partial charge in [0.1, 0.15) is 5.75 Å². The molecule has 0 fully saturated rings. The first-order valence-electron chi connectivity index (χ1n) is 6.18. The first-order chi connectivity index (χ1) is 10.9. The summed E-state index contributed by atoms with van der Waals surface area (Å²) in [5.74, 6) is -1.15. The average Bonchev–Trinajstić information content (AvgIpc) is 2.50. The van der Waals surface area contributed by atoms with E-state index < -0.39 is 22.3 Å². The van der Waals surface area contributed by atoms with Crippen LogP contribution in [0.15, 0.2) is 41.5 Å². The van der Waals surface area contributed by atoms with Crippen molar-refractivity contribution in [2.45, 2.75) is 0 Å². The third kappa shape index (κ3) is 3.95. The molecule has 2 aromatic rings. The van der Waals surface area contributed by atoms with Gasteiger partial charge in [0.15, 0.2) is 0 Å². The van der Waals surface area contributed by atoms with Gasteiger partial charge in [-0.25, -0.2) is 5.43 Å². The van der Waals surface area contributed by atoms with Crippen LogP contribution in [0.25, 0.3) is 0 Å². The van der Waals surface area contributed by atoms with E-state index in [1.807, 2.05) is 0 Å². The molecule has 0 bridgehead atoms. The second kappa shape index (κ2) is 6.75. The van der Waals surface area contributed by atoms with Gasteiger partial charge in [-0.05, 0) is 30.3 Å². The summed E-state index contributed by atoms with van der Waals surface area (Å²) in [5.41, 5.74) is 1.85. The molecule has 0 heterocycles. The number of phenolic OH excluding ortho intramolecular Hbond substituents is 2. The highest BCUT2D eigenvalue weighted by molar-refractivity contribution is 6.31. The Kier molecular flexibility index (Phi) is 4.77. The van der Waals surface area contributed by atoms with Gasteiger partial charge in [-0.3, -0.25) is 14.9 Å². The largest absolute Gasteiger partial charge is 0.508 e. The van der Waals surface area contributed by atoms with E-state index in [2.05, 4.69) is 10.5 Å². The maximum atomic E-state index is 11.8. The Bertz CT molecular complexity index is 790. The number of nitrogens with zero attached hydrogens (tertiary/aromatic N) is 2. The zero-order valence-corrected chi connectivity index (χ0v) is 12.2. The topological polar surface area (TPSA) is 125 Å². The molecule has 0 aromatic heterocycles. The Labute approximate surface area is 134 Å². The number of rotatable bonds is 4. The average molecular weight is 336 g/mol. The molecule has 8 nitrogen and oxygen atoms in total. The van der Waals surface area contributed by atoms with Crippen LogP contribution in [-0.4, -0.2) is 27.3 Å². The van der Waals surface area contributed by atoms with E-state index in [1.54, 1.807) is 0 Å². The lowest BCUT2D eigenvalue weighted by Crippen LogP contribution is -2.17. The minimum absolute atomic E-state index is 0.0150. The molecule has 0 aliphatic rings. The highest BCUT2D eigenvalue weighted by atomic mass is 35.5. The number of phenols is 2. The molecule has 2 aromatic carbocycles. The fourth-order valence-corrected chi connectivity index (χ4v) is 1.90. The van der Waals surface area contributed by atoms with E-state index in [4.69, 9.17) is 16.7 Å². The molecule has 2 rings (SSSR count). The van der Waals surface area contributed by atoms with Crippen LogP contribution in [0.3, 0.4) is 0 Å². The number of aromatic hydroxyl groups is 2.